The second kappa shape index (κ2) is 13.9. The Balaban J connectivity index is 1.02. The van der Waals surface area contributed by atoms with Crippen molar-refractivity contribution in [3.8, 4) is 55.6 Å². The number of anilines is 3. The normalized spacial score (nSPS) is 12.7. The molecule has 59 heavy (non-hydrogen) atoms. The van der Waals surface area contributed by atoms with Crippen molar-refractivity contribution in [2.75, 3.05) is 4.90 Å². The number of rotatable bonds is 7. The predicted molar refractivity (Wildman–Crippen MR) is 248 cm³/mol. The van der Waals surface area contributed by atoms with Crippen LogP contribution >= 0.6 is 0 Å². The van der Waals surface area contributed by atoms with Gasteiger partial charge in [0.25, 0.3) is 0 Å². The average molecular weight is 756 g/mol. The molecule has 1 aliphatic carbocycles. The summed E-state index contributed by atoms with van der Waals surface area (Å²) in [6, 6.07) is 76.9. The highest BCUT2D eigenvalue weighted by atomic mass is 16.3. The number of nitrogens with zero attached hydrogens (tertiary/aromatic N) is 1. The zero-order chi connectivity index (χ0) is 39.5. The van der Waals surface area contributed by atoms with Gasteiger partial charge in [0.2, 0.25) is 0 Å². The van der Waals surface area contributed by atoms with E-state index in [0.717, 1.165) is 50.1 Å². The Morgan fingerprint density at radius 1 is 0.339 bits per heavy atom. The van der Waals surface area contributed by atoms with E-state index in [0.29, 0.717) is 0 Å². The Bertz CT molecular complexity index is 3170. The monoisotopic (exact) mass is 755 g/mol. The molecule has 0 radical (unpaired) electrons. The van der Waals surface area contributed by atoms with Gasteiger partial charge in [0, 0.05) is 33.2 Å². The molecule has 1 aliphatic rings. The van der Waals surface area contributed by atoms with E-state index in [2.05, 4.69) is 219 Å². The highest BCUT2D eigenvalue weighted by Crippen LogP contribution is 2.51. The summed E-state index contributed by atoms with van der Waals surface area (Å²) in [5.41, 5.74) is 19.9. The molecule has 11 rings (SSSR count). The van der Waals surface area contributed by atoms with Gasteiger partial charge in [-0.25, -0.2) is 0 Å². The minimum Gasteiger partial charge on any atom is -0.456 e. The van der Waals surface area contributed by atoms with Gasteiger partial charge in [-0.15, -0.1) is 0 Å². The lowest BCUT2D eigenvalue weighted by molar-refractivity contribution is 0.660. The topological polar surface area (TPSA) is 16.4 Å². The molecule has 0 N–H and O–H groups in total. The van der Waals surface area contributed by atoms with Gasteiger partial charge in [0.15, 0.2) is 0 Å². The molecule has 1 heterocycles. The van der Waals surface area contributed by atoms with Crippen LogP contribution in [0, 0.1) is 0 Å². The van der Waals surface area contributed by atoms with Gasteiger partial charge in [-0.05, 0) is 127 Å². The minimum atomic E-state index is -0.101. The molecule has 0 saturated heterocycles. The van der Waals surface area contributed by atoms with Crippen LogP contribution in [0.5, 0.6) is 0 Å². The van der Waals surface area contributed by atoms with Crippen molar-refractivity contribution in [1.29, 1.82) is 0 Å². The summed E-state index contributed by atoms with van der Waals surface area (Å²) in [4.78, 5) is 2.38. The molecule has 2 heteroatoms. The van der Waals surface area contributed by atoms with Crippen LogP contribution in [0.1, 0.15) is 25.0 Å². The SMILES string of the molecule is CC1(C)c2ccc(-c3cccc(N(c4ccc(-c5ccccc5)cc4)c4cccc(-c5cccc6oc7ccccc7c56)c4)c3)cc2-c2ccc(-c3ccccc3)cc21. The van der Waals surface area contributed by atoms with E-state index in [1.165, 1.54) is 55.6 Å². The number of furan rings is 1. The quantitative estimate of drug-likeness (QED) is 0.161. The summed E-state index contributed by atoms with van der Waals surface area (Å²) in [7, 11) is 0. The molecule has 0 saturated carbocycles. The predicted octanol–water partition coefficient (Wildman–Crippen LogP) is 16.0. The van der Waals surface area contributed by atoms with E-state index >= 15 is 0 Å². The van der Waals surface area contributed by atoms with Crippen molar-refractivity contribution >= 4 is 39.0 Å². The standard InChI is InChI=1S/C57H41NO/c1-57(2)52-33-29-42(36-51(52)49-32-28-43(37-53(49)57)39-16-7-4-8-17-39)41-18-11-20-46(34-41)58(45-30-26-40(27-31-45)38-14-5-3-6-15-38)47-21-12-19-44(35-47)48-23-13-25-55-56(48)50-22-9-10-24-54(50)59-55/h3-37H,1-2H3. The summed E-state index contributed by atoms with van der Waals surface area (Å²) in [6.45, 7) is 4.72. The number of hydrogen-bond acceptors (Lipinski definition) is 2. The fourth-order valence-corrected chi connectivity index (χ4v) is 9.28. The highest BCUT2D eigenvalue weighted by molar-refractivity contribution is 6.12. The maximum atomic E-state index is 6.31. The molecular weight excluding hydrogens is 715 g/mol. The van der Waals surface area contributed by atoms with Crippen molar-refractivity contribution in [2.45, 2.75) is 19.3 Å². The molecule has 0 bridgehead atoms. The zero-order valence-electron chi connectivity index (χ0n) is 33.1. The summed E-state index contributed by atoms with van der Waals surface area (Å²) in [5, 5.41) is 2.26. The van der Waals surface area contributed by atoms with E-state index in [1.54, 1.807) is 0 Å². The van der Waals surface area contributed by atoms with Gasteiger partial charge in [-0.3, -0.25) is 0 Å². The Morgan fingerprint density at radius 3 is 1.64 bits per heavy atom. The van der Waals surface area contributed by atoms with Crippen LogP contribution in [-0.2, 0) is 5.41 Å². The highest BCUT2D eigenvalue weighted by Gasteiger charge is 2.35. The summed E-state index contributed by atoms with van der Waals surface area (Å²) in [6.07, 6.45) is 0. The lowest BCUT2D eigenvalue weighted by Crippen LogP contribution is -2.15. The van der Waals surface area contributed by atoms with Gasteiger partial charge in [-0.1, -0.05) is 166 Å². The maximum Gasteiger partial charge on any atom is 0.136 e. The van der Waals surface area contributed by atoms with E-state index in [4.69, 9.17) is 4.42 Å². The summed E-state index contributed by atoms with van der Waals surface area (Å²) < 4.78 is 6.31. The summed E-state index contributed by atoms with van der Waals surface area (Å²) in [5.74, 6) is 0. The maximum absolute atomic E-state index is 6.31. The van der Waals surface area contributed by atoms with Crippen LogP contribution in [0.15, 0.2) is 217 Å². The largest absolute Gasteiger partial charge is 0.456 e. The van der Waals surface area contributed by atoms with E-state index in [-0.39, 0.29) is 5.41 Å². The molecule has 0 amide bonds. The first-order valence-electron chi connectivity index (χ1n) is 20.4. The Morgan fingerprint density at radius 2 is 0.881 bits per heavy atom. The number of hydrogen-bond donors (Lipinski definition) is 0. The molecule has 0 atom stereocenters. The average Bonchev–Trinajstić information content (AvgIpc) is 3.79. The third-order valence-electron chi connectivity index (χ3n) is 12.3. The third kappa shape index (κ3) is 5.96. The Labute approximate surface area is 345 Å². The first kappa shape index (κ1) is 34.8. The summed E-state index contributed by atoms with van der Waals surface area (Å²) >= 11 is 0. The second-order valence-corrected chi connectivity index (χ2v) is 16.1. The van der Waals surface area contributed by atoms with E-state index in [1.807, 2.05) is 12.1 Å². The fraction of sp³-hybridized carbons (Fsp3) is 0.0526. The van der Waals surface area contributed by atoms with Crippen molar-refractivity contribution in [3.05, 3.63) is 223 Å². The van der Waals surface area contributed by atoms with Gasteiger partial charge in [0.1, 0.15) is 11.2 Å². The van der Waals surface area contributed by atoms with Crippen LogP contribution < -0.4 is 4.90 Å². The number of benzene rings is 9. The molecule has 1 aromatic heterocycles. The Kier molecular flexibility index (Phi) is 8.20. The van der Waals surface area contributed by atoms with Gasteiger partial charge >= 0.3 is 0 Å². The Hall–Kier alpha value is -7.42. The molecule has 280 valence electrons. The first-order valence-corrected chi connectivity index (χ1v) is 20.4. The molecule has 0 aliphatic heterocycles. The molecule has 9 aromatic carbocycles. The van der Waals surface area contributed by atoms with Crippen molar-refractivity contribution in [2.24, 2.45) is 0 Å². The molecular formula is C57H41NO. The minimum absolute atomic E-state index is 0.101. The molecule has 0 spiro atoms. The van der Waals surface area contributed by atoms with Crippen LogP contribution in [0.2, 0.25) is 0 Å². The van der Waals surface area contributed by atoms with Crippen molar-refractivity contribution in [3.63, 3.8) is 0 Å². The molecule has 2 nitrogen and oxygen atoms in total. The van der Waals surface area contributed by atoms with E-state index in [9.17, 15) is 0 Å². The van der Waals surface area contributed by atoms with E-state index < -0.39 is 0 Å². The number of fused-ring (bicyclic) bond motifs is 6. The van der Waals surface area contributed by atoms with Crippen molar-refractivity contribution < 1.29 is 4.42 Å². The van der Waals surface area contributed by atoms with Crippen LogP contribution in [0.25, 0.3) is 77.6 Å². The zero-order valence-corrected chi connectivity index (χ0v) is 33.1. The fourth-order valence-electron chi connectivity index (χ4n) is 9.28. The molecule has 0 unspecified atom stereocenters. The van der Waals surface area contributed by atoms with Crippen LogP contribution in [0.3, 0.4) is 0 Å². The van der Waals surface area contributed by atoms with Crippen LogP contribution in [0.4, 0.5) is 17.1 Å². The lowest BCUT2D eigenvalue weighted by Gasteiger charge is -2.27. The molecule has 10 aromatic rings. The number of para-hydroxylation sites is 1. The van der Waals surface area contributed by atoms with Crippen molar-refractivity contribution in [1.82, 2.24) is 0 Å². The van der Waals surface area contributed by atoms with Gasteiger partial charge in [0.05, 0.1) is 0 Å². The van der Waals surface area contributed by atoms with Gasteiger partial charge in [-0.2, -0.15) is 0 Å². The molecule has 0 fully saturated rings. The first-order chi connectivity index (χ1) is 29.0. The smallest absolute Gasteiger partial charge is 0.136 e. The van der Waals surface area contributed by atoms with Gasteiger partial charge < -0.3 is 9.32 Å². The van der Waals surface area contributed by atoms with Crippen LogP contribution in [-0.4, -0.2) is 0 Å². The second-order valence-electron chi connectivity index (χ2n) is 16.1. The third-order valence-corrected chi connectivity index (χ3v) is 12.3. The lowest BCUT2D eigenvalue weighted by atomic mass is 9.81.